The summed E-state index contributed by atoms with van der Waals surface area (Å²) in [6.07, 6.45) is -6.15. The Kier molecular flexibility index (Phi) is 6.58. The third-order valence-corrected chi connectivity index (χ3v) is 3.89. The van der Waals surface area contributed by atoms with Crippen LogP contribution in [0.25, 0.3) is 0 Å². The minimum absolute atomic E-state index is 0.0816. The van der Waals surface area contributed by atoms with Gasteiger partial charge in [-0.25, -0.2) is 9.59 Å². The summed E-state index contributed by atoms with van der Waals surface area (Å²) >= 11 is 0.529. The maximum atomic E-state index is 12.5. The molecule has 1 N–H and O–H groups in total. The Bertz CT molecular complexity index is 679. The summed E-state index contributed by atoms with van der Waals surface area (Å²) in [7, 11) is 0. The molecule has 1 aromatic rings. The van der Waals surface area contributed by atoms with E-state index in [1.54, 1.807) is 33.0 Å². The normalized spacial score (nSPS) is 11.6. The van der Waals surface area contributed by atoms with Gasteiger partial charge >= 0.3 is 24.0 Å². The first kappa shape index (κ1) is 20.9. The first-order valence-corrected chi connectivity index (χ1v) is 8.09. The van der Waals surface area contributed by atoms with Crippen LogP contribution in [0, 0.1) is 6.92 Å². The summed E-state index contributed by atoms with van der Waals surface area (Å²) in [4.78, 5) is 35.4. The summed E-state index contributed by atoms with van der Waals surface area (Å²) in [6, 6.07) is 0. The highest BCUT2D eigenvalue weighted by Gasteiger charge is 2.40. The van der Waals surface area contributed by atoms with Crippen LogP contribution < -0.4 is 5.32 Å². The first-order chi connectivity index (χ1) is 11.3. The molecular formula is C15H18F3NO5S. The Morgan fingerprint density at radius 1 is 1.00 bits per heavy atom. The lowest BCUT2D eigenvalue weighted by Gasteiger charge is -2.11. The third-order valence-electron chi connectivity index (χ3n) is 2.71. The van der Waals surface area contributed by atoms with Crippen molar-refractivity contribution in [3.8, 4) is 0 Å². The molecule has 1 rings (SSSR count). The molecule has 1 amide bonds. The van der Waals surface area contributed by atoms with E-state index in [4.69, 9.17) is 9.47 Å². The zero-order chi connectivity index (χ0) is 19.5. The quantitative estimate of drug-likeness (QED) is 0.787. The van der Waals surface area contributed by atoms with Crippen LogP contribution in [0.3, 0.4) is 0 Å². The minimum Gasteiger partial charge on any atom is -0.459 e. The lowest BCUT2D eigenvalue weighted by atomic mass is 10.1. The summed E-state index contributed by atoms with van der Waals surface area (Å²) in [5, 5.41) is 1.20. The predicted molar refractivity (Wildman–Crippen MR) is 84.8 cm³/mol. The number of hydrogen-bond acceptors (Lipinski definition) is 6. The zero-order valence-corrected chi connectivity index (χ0v) is 15.1. The Hall–Kier alpha value is -2.10. The van der Waals surface area contributed by atoms with Crippen molar-refractivity contribution in [3.63, 3.8) is 0 Å². The van der Waals surface area contributed by atoms with Crippen molar-refractivity contribution >= 4 is 34.2 Å². The Balaban J connectivity index is 3.34. The number of anilines is 1. The van der Waals surface area contributed by atoms with Crippen LogP contribution in [-0.2, 0) is 14.3 Å². The van der Waals surface area contributed by atoms with Crippen molar-refractivity contribution in [2.45, 2.75) is 53.0 Å². The number of esters is 2. The topological polar surface area (TPSA) is 81.7 Å². The minimum atomic E-state index is -5.14. The van der Waals surface area contributed by atoms with Crippen LogP contribution in [0.5, 0.6) is 0 Å². The molecule has 0 aliphatic heterocycles. The Labute approximate surface area is 146 Å². The molecule has 0 fully saturated rings. The molecule has 0 radical (unpaired) electrons. The number of hydrogen-bond donors (Lipinski definition) is 1. The van der Waals surface area contributed by atoms with Crippen molar-refractivity contribution in [1.29, 1.82) is 0 Å². The molecule has 0 bridgehead atoms. The van der Waals surface area contributed by atoms with Gasteiger partial charge in [0.1, 0.15) is 9.88 Å². The van der Waals surface area contributed by atoms with Gasteiger partial charge in [-0.2, -0.15) is 13.2 Å². The highest BCUT2D eigenvalue weighted by atomic mass is 32.1. The van der Waals surface area contributed by atoms with Gasteiger partial charge in [0.05, 0.1) is 17.8 Å². The number of carbonyl (C=O) groups is 3. The van der Waals surface area contributed by atoms with Gasteiger partial charge in [0.2, 0.25) is 0 Å². The lowest BCUT2D eigenvalue weighted by Crippen LogP contribution is -2.30. The zero-order valence-electron chi connectivity index (χ0n) is 14.2. The molecule has 25 heavy (non-hydrogen) atoms. The molecule has 1 heterocycles. The fourth-order valence-corrected chi connectivity index (χ4v) is 2.83. The maximum absolute atomic E-state index is 12.5. The first-order valence-electron chi connectivity index (χ1n) is 7.28. The fraction of sp³-hybridized carbons (Fsp3) is 0.533. The summed E-state index contributed by atoms with van der Waals surface area (Å²) < 4.78 is 47.5. The van der Waals surface area contributed by atoms with E-state index in [9.17, 15) is 27.6 Å². The van der Waals surface area contributed by atoms with E-state index < -0.39 is 41.2 Å². The number of nitrogens with one attached hydrogen (secondary N) is 1. The van der Waals surface area contributed by atoms with E-state index in [0.29, 0.717) is 11.3 Å². The molecular weight excluding hydrogens is 363 g/mol. The predicted octanol–water partition coefficient (Wildman–Crippen LogP) is 3.69. The van der Waals surface area contributed by atoms with Crippen molar-refractivity contribution in [2.75, 3.05) is 5.32 Å². The molecule has 1 aromatic heterocycles. The van der Waals surface area contributed by atoms with Crippen LogP contribution in [0.1, 0.15) is 53.3 Å². The van der Waals surface area contributed by atoms with Crippen LogP contribution in [0.4, 0.5) is 18.2 Å². The average molecular weight is 381 g/mol. The number of amides is 1. The molecule has 0 unspecified atom stereocenters. The molecule has 0 atom stereocenters. The van der Waals surface area contributed by atoms with Crippen LogP contribution >= 0.6 is 11.3 Å². The standard InChI is InChI=1S/C15H18F3NO5S/c1-6(2)23-12(20)9-8(5)10(13(21)24-7(3)4)25-11(9)19-14(22)15(16,17)18/h6-7H,1-5H3,(H,19,22). The molecule has 0 saturated heterocycles. The molecule has 10 heteroatoms. The van der Waals surface area contributed by atoms with E-state index in [0.717, 1.165) is 0 Å². The van der Waals surface area contributed by atoms with Crippen LogP contribution in [-0.4, -0.2) is 36.2 Å². The average Bonchev–Trinajstić information content (AvgIpc) is 2.72. The molecule has 140 valence electrons. The van der Waals surface area contributed by atoms with Crippen molar-refractivity contribution in [3.05, 3.63) is 16.0 Å². The number of alkyl halides is 3. The summed E-state index contributed by atoms with van der Waals surface area (Å²) in [5.41, 5.74) is -0.217. The summed E-state index contributed by atoms with van der Waals surface area (Å²) in [6.45, 7) is 7.68. The number of thiophene rings is 1. The van der Waals surface area contributed by atoms with Crippen molar-refractivity contribution in [2.24, 2.45) is 0 Å². The largest absolute Gasteiger partial charge is 0.471 e. The summed E-state index contributed by atoms with van der Waals surface area (Å²) in [5.74, 6) is -4.00. The van der Waals surface area contributed by atoms with Gasteiger partial charge in [0, 0.05) is 0 Å². The van der Waals surface area contributed by atoms with Gasteiger partial charge in [0.25, 0.3) is 0 Å². The van der Waals surface area contributed by atoms with Gasteiger partial charge in [-0.15, -0.1) is 11.3 Å². The highest BCUT2D eigenvalue weighted by molar-refractivity contribution is 7.18. The van der Waals surface area contributed by atoms with E-state index in [-0.39, 0.29) is 16.0 Å². The van der Waals surface area contributed by atoms with Gasteiger partial charge in [-0.3, -0.25) is 4.79 Å². The molecule has 0 aromatic carbocycles. The monoisotopic (exact) mass is 381 g/mol. The van der Waals surface area contributed by atoms with Gasteiger partial charge in [-0.1, -0.05) is 0 Å². The molecule has 0 spiro atoms. The second kappa shape index (κ2) is 7.85. The van der Waals surface area contributed by atoms with Gasteiger partial charge in [-0.05, 0) is 40.2 Å². The van der Waals surface area contributed by atoms with Gasteiger partial charge < -0.3 is 14.8 Å². The van der Waals surface area contributed by atoms with Crippen molar-refractivity contribution in [1.82, 2.24) is 0 Å². The number of halogens is 3. The number of carbonyl (C=O) groups excluding carboxylic acids is 3. The van der Waals surface area contributed by atoms with E-state index in [2.05, 4.69) is 0 Å². The lowest BCUT2D eigenvalue weighted by molar-refractivity contribution is -0.167. The second-order valence-corrected chi connectivity index (χ2v) is 6.64. The van der Waals surface area contributed by atoms with Crippen LogP contribution in [0.2, 0.25) is 0 Å². The van der Waals surface area contributed by atoms with E-state index in [1.807, 2.05) is 0 Å². The van der Waals surface area contributed by atoms with Crippen LogP contribution in [0.15, 0.2) is 0 Å². The molecule has 0 aliphatic rings. The van der Waals surface area contributed by atoms with E-state index >= 15 is 0 Å². The number of rotatable bonds is 5. The van der Waals surface area contributed by atoms with E-state index in [1.165, 1.54) is 6.92 Å². The second-order valence-electron chi connectivity index (χ2n) is 5.62. The maximum Gasteiger partial charge on any atom is 0.471 e. The third kappa shape index (κ3) is 5.45. The SMILES string of the molecule is Cc1c(C(=O)OC(C)C)sc(NC(=O)C(F)(F)F)c1C(=O)OC(C)C. The van der Waals surface area contributed by atoms with Gasteiger partial charge in [0.15, 0.2) is 0 Å². The number of ether oxygens (including phenoxy) is 2. The highest BCUT2D eigenvalue weighted by Crippen LogP contribution is 2.35. The Morgan fingerprint density at radius 2 is 1.48 bits per heavy atom. The molecule has 0 aliphatic carbocycles. The Morgan fingerprint density at radius 3 is 1.92 bits per heavy atom. The molecule has 0 saturated carbocycles. The smallest absolute Gasteiger partial charge is 0.459 e. The molecule has 6 nitrogen and oxygen atoms in total. The van der Waals surface area contributed by atoms with Crippen molar-refractivity contribution < 1.29 is 37.0 Å². The fourth-order valence-electron chi connectivity index (χ4n) is 1.76.